The summed E-state index contributed by atoms with van der Waals surface area (Å²) in [5.41, 5.74) is 0.470. The fourth-order valence-corrected chi connectivity index (χ4v) is 2.74. The Balaban J connectivity index is 2.29. The lowest BCUT2D eigenvalue weighted by Gasteiger charge is -2.10. The van der Waals surface area contributed by atoms with Gasteiger partial charge in [0.15, 0.2) is 0 Å². The number of carboxylic acids is 1. The zero-order valence-electron chi connectivity index (χ0n) is 10.9. The lowest BCUT2D eigenvalue weighted by atomic mass is 10.0. The second kappa shape index (κ2) is 3.95. The van der Waals surface area contributed by atoms with Crippen molar-refractivity contribution < 1.29 is 9.90 Å². The summed E-state index contributed by atoms with van der Waals surface area (Å²) in [5.74, 6) is -0.531. The van der Waals surface area contributed by atoms with E-state index < -0.39 is 5.97 Å². The molecule has 2 rings (SSSR count). The van der Waals surface area contributed by atoms with Gasteiger partial charge < -0.3 is 10.4 Å². The lowest BCUT2D eigenvalue weighted by Crippen LogP contribution is -2.15. The number of nitrogens with one attached hydrogen (secondary N) is 1. The molecule has 1 aliphatic rings. The van der Waals surface area contributed by atoms with Crippen molar-refractivity contribution in [2.45, 2.75) is 33.7 Å². The SMILES string of the molecule is CC1(C)C(Nc2ncc(Br)cc2C(=O)O)C1(C)C. The van der Waals surface area contributed by atoms with Crippen LogP contribution in [0.25, 0.3) is 0 Å². The van der Waals surface area contributed by atoms with Gasteiger partial charge >= 0.3 is 5.97 Å². The minimum atomic E-state index is -0.970. The van der Waals surface area contributed by atoms with Gasteiger partial charge in [0.05, 0.1) is 0 Å². The van der Waals surface area contributed by atoms with Crippen LogP contribution in [0, 0.1) is 10.8 Å². The quantitative estimate of drug-likeness (QED) is 0.898. The molecule has 1 saturated carbocycles. The normalized spacial score (nSPS) is 20.5. The van der Waals surface area contributed by atoms with Gasteiger partial charge in [-0.15, -0.1) is 0 Å². The molecule has 0 aliphatic heterocycles. The van der Waals surface area contributed by atoms with Crippen LogP contribution in [-0.2, 0) is 0 Å². The molecule has 0 amide bonds. The van der Waals surface area contributed by atoms with E-state index in [1.165, 1.54) is 0 Å². The van der Waals surface area contributed by atoms with Crippen molar-refractivity contribution in [1.29, 1.82) is 0 Å². The number of aromatic carboxylic acids is 1. The van der Waals surface area contributed by atoms with Crippen LogP contribution < -0.4 is 5.32 Å². The second-order valence-corrected chi connectivity index (χ2v) is 6.79. The lowest BCUT2D eigenvalue weighted by molar-refractivity contribution is 0.0697. The molecule has 1 aromatic rings. The van der Waals surface area contributed by atoms with Gasteiger partial charge in [0.25, 0.3) is 0 Å². The molecular weight excluding hydrogens is 296 g/mol. The molecule has 0 spiro atoms. The number of rotatable bonds is 3. The summed E-state index contributed by atoms with van der Waals surface area (Å²) in [4.78, 5) is 15.4. The average Bonchev–Trinajstić information content (AvgIpc) is 2.62. The minimum Gasteiger partial charge on any atom is -0.478 e. The molecule has 98 valence electrons. The van der Waals surface area contributed by atoms with E-state index in [2.05, 4.69) is 53.9 Å². The molecule has 1 fully saturated rings. The third-order valence-corrected chi connectivity index (χ3v) is 4.82. The molecule has 18 heavy (non-hydrogen) atoms. The maximum Gasteiger partial charge on any atom is 0.339 e. The molecular formula is C13H17BrN2O2. The molecule has 1 aliphatic carbocycles. The number of aromatic nitrogens is 1. The number of hydrogen-bond donors (Lipinski definition) is 2. The van der Waals surface area contributed by atoms with E-state index >= 15 is 0 Å². The summed E-state index contributed by atoms with van der Waals surface area (Å²) in [5, 5.41) is 12.4. The summed E-state index contributed by atoms with van der Waals surface area (Å²) >= 11 is 3.24. The van der Waals surface area contributed by atoms with Gasteiger partial charge in [0.1, 0.15) is 11.4 Å². The van der Waals surface area contributed by atoms with Gasteiger partial charge in [0, 0.05) is 16.7 Å². The van der Waals surface area contributed by atoms with Crippen LogP contribution >= 0.6 is 15.9 Å². The highest BCUT2D eigenvalue weighted by Crippen LogP contribution is 2.63. The molecule has 4 nitrogen and oxygen atoms in total. The number of carboxylic acid groups (broad SMARTS) is 1. The Labute approximate surface area is 115 Å². The van der Waals surface area contributed by atoms with Crippen LogP contribution in [0.15, 0.2) is 16.7 Å². The second-order valence-electron chi connectivity index (χ2n) is 5.88. The molecule has 1 aromatic heterocycles. The number of pyridine rings is 1. The standard InChI is InChI=1S/C13H17BrN2O2/c1-12(2)11(13(12,3)4)16-9-8(10(17)18)5-7(14)6-15-9/h5-6,11H,1-4H3,(H,15,16)(H,17,18). The maximum atomic E-state index is 11.2. The number of anilines is 1. The average molecular weight is 313 g/mol. The Kier molecular flexibility index (Phi) is 2.93. The van der Waals surface area contributed by atoms with Crippen molar-refractivity contribution >= 4 is 27.7 Å². The van der Waals surface area contributed by atoms with Crippen molar-refractivity contribution in [1.82, 2.24) is 4.98 Å². The Morgan fingerprint density at radius 1 is 1.39 bits per heavy atom. The number of carbonyl (C=O) groups is 1. The van der Waals surface area contributed by atoms with E-state index in [4.69, 9.17) is 0 Å². The van der Waals surface area contributed by atoms with E-state index in [-0.39, 0.29) is 22.4 Å². The van der Waals surface area contributed by atoms with Crippen LogP contribution in [0.3, 0.4) is 0 Å². The maximum absolute atomic E-state index is 11.2. The van der Waals surface area contributed by atoms with Crippen molar-refractivity contribution in [3.8, 4) is 0 Å². The van der Waals surface area contributed by atoms with Crippen LogP contribution in [0.5, 0.6) is 0 Å². The highest BCUT2D eigenvalue weighted by atomic mass is 79.9. The molecule has 0 radical (unpaired) electrons. The number of hydrogen-bond acceptors (Lipinski definition) is 3. The zero-order valence-corrected chi connectivity index (χ0v) is 12.5. The molecule has 1 heterocycles. The fourth-order valence-electron chi connectivity index (χ4n) is 2.41. The monoisotopic (exact) mass is 312 g/mol. The summed E-state index contributed by atoms with van der Waals surface area (Å²) in [6.07, 6.45) is 1.61. The van der Waals surface area contributed by atoms with Gasteiger partial charge in [-0.3, -0.25) is 0 Å². The fraction of sp³-hybridized carbons (Fsp3) is 0.538. The highest BCUT2D eigenvalue weighted by Gasteiger charge is 2.65. The summed E-state index contributed by atoms with van der Waals surface area (Å²) < 4.78 is 0.666. The van der Waals surface area contributed by atoms with Gasteiger partial charge in [-0.2, -0.15) is 0 Å². The summed E-state index contributed by atoms with van der Waals surface area (Å²) in [6, 6.07) is 1.80. The van der Waals surface area contributed by atoms with Gasteiger partial charge in [-0.25, -0.2) is 9.78 Å². The van der Waals surface area contributed by atoms with Crippen molar-refractivity contribution in [2.24, 2.45) is 10.8 Å². The van der Waals surface area contributed by atoms with E-state index in [0.717, 1.165) is 0 Å². The molecule has 0 unspecified atom stereocenters. The Hall–Kier alpha value is -1.10. The first-order valence-corrected chi connectivity index (χ1v) is 6.62. The highest BCUT2D eigenvalue weighted by molar-refractivity contribution is 9.10. The third kappa shape index (κ3) is 1.90. The van der Waals surface area contributed by atoms with Gasteiger partial charge in [-0.05, 0) is 32.8 Å². The molecule has 2 N–H and O–H groups in total. The van der Waals surface area contributed by atoms with Crippen LogP contribution in [-0.4, -0.2) is 22.1 Å². The van der Waals surface area contributed by atoms with Crippen molar-refractivity contribution in [3.63, 3.8) is 0 Å². The predicted molar refractivity (Wildman–Crippen MR) is 73.9 cm³/mol. The van der Waals surface area contributed by atoms with Crippen LogP contribution in [0.2, 0.25) is 0 Å². The van der Waals surface area contributed by atoms with E-state index in [9.17, 15) is 9.90 Å². The Bertz CT molecular complexity index is 498. The molecule has 5 heteroatoms. The van der Waals surface area contributed by atoms with Crippen LogP contribution in [0.4, 0.5) is 5.82 Å². The topological polar surface area (TPSA) is 62.2 Å². The van der Waals surface area contributed by atoms with Gasteiger partial charge in [-0.1, -0.05) is 27.7 Å². The van der Waals surface area contributed by atoms with E-state index in [1.54, 1.807) is 12.3 Å². The molecule has 0 aromatic carbocycles. The zero-order chi connectivity index (χ0) is 13.7. The van der Waals surface area contributed by atoms with E-state index in [0.29, 0.717) is 10.3 Å². The predicted octanol–water partition coefficient (Wildman–Crippen LogP) is 3.39. The largest absolute Gasteiger partial charge is 0.478 e. The molecule has 0 bridgehead atoms. The first kappa shape index (κ1) is 13.3. The van der Waals surface area contributed by atoms with Crippen molar-refractivity contribution in [3.05, 3.63) is 22.3 Å². The first-order valence-electron chi connectivity index (χ1n) is 5.83. The molecule has 0 saturated heterocycles. The van der Waals surface area contributed by atoms with E-state index in [1.807, 2.05) is 0 Å². The smallest absolute Gasteiger partial charge is 0.339 e. The van der Waals surface area contributed by atoms with Gasteiger partial charge in [0.2, 0.25) is 0 Å². The first-order chi connectivity index (χ1) is 8.18. The van der Waals surface area contributed by atoms with Crippen LogP contribution in [0.1, 0.15) is 38.1 Å². The minimum absolute atomic E-state index is 0.136. The Morgan fingerprint density at radius 2 is 1.94 bits per heavy atom. The number of halogens is 1. The summed E-state index contributed by atoms with van der Waals surface area (Å²) in [6.45, 7) is 8.68. The number of nitrogens with zero attached hydrogens (tertiary/aromatic N) is 1. The third-order valence-electron chi connectivity index (χ3n) is 4.39. The Morgan fingerprint density at radius 3 is 2.39 bits per heavy atom. The van der Waals surface area contributed by atoms with Crippen molar-refractivity contribution in [2.75, 3.05) is 5.32 Å². The summed E-state index contributed by atoms with van der Waals surface area (Å²) in [7, 11) is 0. The molecule has 0 atom stereocenters.